The molecule has 0 radical (unpaired) electrons. The molecular formula is C26H32N2O5. The van der Waals surface area contributed by atoms with E-state index in [1.165, 1.54) is 0 Å². The summed E-state index contributed by atoms with van der Waals surface area (Å²) in [5, 5.41) is 11.3. The van der Waals surface area contributed by atoms with Crippen molar-refractivity contribution >= 4 is 17.4 Å². The molecule has 1 aliphatic heterocycles. The van der Waals surface area contributed by atoms with Crippen LogP contribution in [0.5, 0.6) is 11.5 Å². The van der Waals surface area contributed by atoms with Crippen LogP contribution < -0.4 is 9.47 Å². The Hall–Kier alpha value is -3.32. The van der Waals surface area contributed by atoms with Crippen LogP contribution in [0.15, 0.2) is 48.0 Å². The van der Waals surface area contributed by atoms with Crippen molar-refractivity contribution in [3.63, 3.8) is 0 Å². The smallest absolute Gasteiger partial charge is 0.295 e. The van der Waals surface area contributed by atoms with Crippen molar-refractivity contribution in [3.8, 4) is 11.5 Å². The van der Waals surface area contributed by atoms with E-state index in [0.29, 0.717) is 35.7 Å². The highest BCUT2D eigenvalue weighted by Gasteiger charge is 2.47. The average Bonchev–Trinajstić information content (AvgIpc) is 3.08. The zero-order chi connectivity index (χ0) is 24.1. The van der Waals surface area contributed by atoms with Crippen molar-refractivity contribution in [2.45, 2.75) is 26.8 Å². The lowest BCUT2D eigenvalue weighted by molar-refractivity contribution is -0.140. The summed E-state index contributed by atoms with van der Waals surface area (Å²) >= 11 is 0. The van der Waals surface area contributed by atoms with E-state index >= 15 is 0 Å². The van der Waals surface area contributed by atoms with E-state index < -0.39 is 17.7 Å². The van der Waals surface area contributed by atoms with Gasteiger partial charge in [-0.3, -0.25) is 9.59 Å². The summed E-state index contributed by atoms with van der Waals surface area (Å²) < 4.78 is 10.8. The van der Waals surface area contributed by atoms with Gasteiger partial charge in [0.2, 0.25) is 0 Å². The second-order valence-electron chi connectivity index (χ2n) is 7.94. The number of aliphatic hydroxyl groups is 1. The Balaban J connectivity index is 2.17. The summed E-state index contributed by atoms with van der Waals surface area (Å²) in [6.07, 6.45) is 0. The number of hydrogen-bond donors (Lipinski definition) is 1. The van der Waals surface area contributed by atoms with Crippen molar-refractivity contribution < 1.29 is 24.2 Å². The molecule has 0 bridgehead atoms. The number of aliphatic hydroxyl groups excluding tert-OH is 1. The van der Waals surface area contributed by atoms with Gasteiger partial charge >= 0.3 is 0 Å². The van der Waals surface area contributed by atoms with Crippen LogP contribution in [0.4, 0.5) is 0 Å². The molecule has 1 aliphatic rings. The lowest BCUT2D eigenvalue weighted by atomic mass is 9.93. The molecule has 0 saturated carbocycles. The Morgan fingerprint density at radius 2 is 1.76 bits per heavy atom. The van der Waals surface area contributed by atoms with Gasteiger partial charge in [0.25, 0.3) is 11.7 Å². The van der Waals surface area contributed by atoms with Gasteiger partial charge in [-0.1, -0.05) is 32.0 Å². The molecule has 1 amide bonds. The van der Waals surface area contributed by atoms with Gasteiger partial charge in [-0.2, -0.15) is 0 Å². The minimum Gasteiger partial charge on any atom is -0.507 e. The highest BCUT2D eigenvalue weighted by atomic mass is 16.5. The average molecular weight is 453 g/mol. The lowest BCUT2D eigenvalue weighted by Gasteiger charge is -2.29. The predicted octanol–water partition coefficient (Wildman–Crippen LogP) is 3.78. The van der Waals surface area contributed by atoms with Gasteiger partial charge in [0, 0.05) is 24.2 Å². The number of benzene rings is 2. The second-order valence-corrected chi connectivity index (χ2v) is 7.94. The molecule has 7 heteroatoms. The van der Waals surface area contributed by atoms with Gasteiger partial charge in [0.15, 0.2) is 0 Å². The molecule has 0 aliphatic carbocycles. The molecule has 1 N–H and O–H groups in total. The SMILES string of the molecule is CCN(CC)CCN1C(=O)C(=O)/C(=C(/O)c2ccc(OC)cc2C)C1c1ccccc1OC. The first-order chi connectivity index (χ1) is 15.9. The lowest BCUT2D eigenvalue weighted by Crippen LogP contribution is -2.38. The summed E-state index contributed by atoms with van der Waals surface area (Å²) in [6.45, 7) is 8.59. The number of hydrogen-bond acceptors (Lipinski definition) is 6. The Kier molecular flexibility index (Phi) is 7.76. The summed E-state index contributed by atoms with van der Waals surface area (Å²) in [7, 11) is 3.12. The minimum absolute atomic E-state index is 0.0670. The Bertz CT molecular complexity index is 1060. The van der Waals surface area contributed by atoms with Crippen LogP contribution in [0.1, 0.15) is 36.6 Å². The molecule has 3 rings (SSSR count). The largest absolute Gasteiger partial charge is 0.507 e. The van der Waals surface area contributed by atoms with E-state index in [-0.39, 0.29) is 11.3 Å². The van der Waals surface area contributed by atoms with Gasteiger partial charge in [-0.25, -0.2) is 0 Å². The molecule has 176 valence electrons. The van der Waals surface area contributed by atoms with Gasteiger partial charge < -0.3 is 24.4 Å². The Morgan fingerprint density at radius 1 is 1.06 bits per heavy atom. The number of para-hydroxylation sites is 1. The van der Waals surface area contributed by atoms with Crippen molar-refractivity contribution in [2.24, 2.45) is 0 Å². The number of ketones is 1. The number of methoxy groups -OCH3 is 2. The van der Waals surface area contributed by atoms with Crippen LogP contribution >= 0.6 is 0 Å². The number of likely N-dealkylation sites (tertiary alicyclic amines) is 1. The van der Waals surface area contributed by atoms with Crippen molar-refractivity contribution in [2.75, 3.05) is 40.4 Å². The van der Waals surface area contributed by atoms with E-state index in [9.17, 15) is 14.7 Å². The number of likely N-dealkylation sites (N-methyl/N-ethyl adjacent to an activating group) is 1. The first-order valence-corrected chi connectivity index (χ1v) is 11.2. The molecule has 1 atom stereocenters. The summed E-state index contributed by atoms with van der Waals surface area (Å²) in [6, 6.07) is 11.7. The second kappa shape index (κ2) is 10.5. The standard InChI is InChI=1S/C26H32N2O5/c1-6-27(7-2)14-15-28-23(20-10-8-9-11-21(20)33-5)22(25(30)26(28)31)24(29)19-13-12-18(32-4)16-17(19)3/h8-13,16,23,29H,6-7,14-15H2,1-5H3/b24-22+. The van der Waals surface area contributed by atoms with Gasteiger partial charge in [0.05, 0.1) is 25.8 Å². The maximum atomic E-state index is 13.2. The number of Topliss-reactive ketones (excluding diaryl/α,β-unsaturated/α-hetero) is 1. The van der Waals surface area contributed by atoms with E-state index in [1.807, 2.05) is 25.1 Å². The molecule has 1 unspecified atom stereocenters. The number of aryl methyl sites for hydroxylation is 1. The molecule has 0 spiro atoms. The predicted molar refractivity (Wildman–Crippen MR) is 128 cm³/mol. The normalized spacial score (nSPS) is 17.6. The van der Waals surface area contributed by atoms with Gasteiger partial charge in [-0.05, 0) is 49.8 Å². The molecule has 0 aromatic heterocycles. The fourth-order valence-corrected chi connectivity index (χ4v) is 4.29. The van der Waals surface area contributed by atoms with Crippen LogP contribution in [0.25, 0.3) is 5.76 Å². The number of amides is 1. The first-order valence-electron chi connectivity index (χ1n) is 11.2. The molecule has 1 fully saturated rings. The summed E-state index contributed by atoms with van der Waals surface area (Å²) in [5.41, 5.74) is 1.95. The summed E-state index contributed by atoms with van der Waals surface area (Å²) in [5.74, 6) is -0.321. The third kappa shape index (κ3) is 4.73. The van der Waals surface area contributed by atoms with E-state index in [1.54, 1.807) is 43.4 Å². The fraction of sp³-hybridized carbons (Fsp3) is 0.385. The van der Waals surface area contributed by atoms with Crippen molar-refractivity contribution in [3.05, 3.63) is 64.7 Å². The topological polar surface area (TPSA) is 79.3 Å². The number of rotatable bonds is 9. The highest BCUT2D eigenvalue weighted by Crippen LogP contribution is 2.43. The van der Waals surface area contributed by atoms with Crippen LogP contribution in [-0.4, -0.2) is 67.0 Å². The van der Waals surface area contributed by atoms with Crippen LogP contribution in [0, 0.1) is 6.92 Å². The molecular weight excluding hydrogens is 420 g/mol. The van der Waals surface area contributed by atoms with E-state index in [2.05, 4.69) is 18.7 Å². The van der Waals surface area contributed by atoms with Gasteiger partial charge in [-0.15, -0.1) is 0 Å². The Labute approximate surface area is 195 Å². The first kappa shape index (κ1) is 24.3. The molecule has 1 saturated heterocycles. The third-order valence-electron chi connectivity index (χ3n) is 6.21. The molecule has 2 aromatic rings. The number of ether oxygens (including phenoxy) is 2. The van der Waals surface area contributed by atoms with E-state index in [4.69, 9.17) is 9.47 Å². The maximum Gasteiger partial charge on any atom is 0.295 e. The van der Waals surface area contributed by atoms with Crippen molar-refractivity contribution in [1.82, 2.24) is 9.80 Å². The zero-order valence-electron chi connectivity index (χ0n) is 19.9. The zero-order valence-corrected chi connectivity index (χ0v) is 19.9. The maximum absolute atomic E-state index is 13.2. The van der Waals surface area contributed by atoms with Crippen molar-refractivity contribution in [1.29, 1.82) is 0 Å². The third-order valence-corrected chi connectivity index (χ3v) is 6.21. The molecule has 2 aromatic carbocycles. The molecule has 33 heavy (non-hydrogen) atoms. The van der Waals surface area contributed by atoms with Crippen LogP contribution in [0.3, 0.4) is 0 Å². The fourth-order valence-electron chi connectivity index (χ4n) is 4.29. The van der Waals surface area contributed by atoms with E-state index in [0.717, 1.165) is 18.7 Å². The van der Waals surface area contributed by atoms with Crippen LogP contribution in [0.2, 0.25) is 0 Å². The van der Waals surface area contributed by atoms with Gasteiger partial charge in [0.1, 0.15) is 17.3 Å². The quantitative estimate of drug-likeness (QED) is 0.354. The Morgan fingerprint density at radius 3 is 2.36 bits per heavy atom. The summed E-state index contributed by atoms with van der Waals surface area (Å²) in [4.78, 5) is 30.1. The highest BCUT2D eigenvalue weighted by molar-refractivity contribution is 6.46. The van der Waals surface area contributed by atoms with Crippen LogP contribution in [-0.2, 0) is 9.59 Å². The molecule has 7 nitrogen and oxygen atoms in total. The number of carbonyl (C=O) groups excluding carboxylic acids is 2. The molecule has 1 heterocycles. The number of nitrogens with zero attached hydrogens (tertiary/aromatic N) is 2. The minimum atomic E-state index is -0.752. The number of carbonyl (C=O) groups is 2. The monoisotopic (exact) mass is 452 g/mol.